The van der Waals surface area contributed by atoms with E-state index in [0.29, 0.717) is 5.89 Å². The van der Waals surface area contributed by atoms with E-state index in [1.54, 1.807) is 0 Å². The van der Waals surface area contributed by atoms with Crippen LogP contribution in [0.2, 0.25) is 0 Å². The molecule has 0 saturated carbocycles. The number of para-hydroxylation sites is 1. The number of nitrogens with zero attached hydrogens (tertiary/aromatic N) is 1. The number of hydrogen-bond donors (Lipinski definition) is 0. The third-order valence-electron chi connectivity index (χ3n) is 4.47. The van der Waals surface area contributed by atoms with Gasteiger partial charge in [-0.2, -0.15) is 0 Å². The smallest absolute Gasteiger partial charge is 0.227 e. The van der Waals surface area contributed by atoms with Crippen LogP contribution in [0.15, 0.2) is 77.2 Å². The summed E-state index contributed by atoms with van der Waals surface area (Å²) < 4.78 is 6.02. The molecule has 0 fully saturated rings. The molecule has 3 aromatic carbocycles. The zero-order valence-corrected chi connectivity index (χ0v) is 14.8. The summed E-state index contributed by atoms with van der Waals surface area (Å²) in [6.07, 6.45) is 0. The van der Waals surface area contributed by atoms with Crippen LogP contribution in [0.1, 0.15) is 26.3 Å². The molecular weight excluding hydrogens is 306 g/mol. The van der Waals surface area contributed by atoms with Gasteiger partial charge < -0.3 is 4.42 Å². The fraction of sp³-hybridized carbons (Fsp3) is 0.174. The molecule has 0 aliphatic carbocycles. The van der Waals surface area contributed by atoms with Crippen molar-refractivity contribution in [2.45, 2.75) is 26.2 Å². The minimum Gasteiger partial charge on any atom is -0.436 e. The molecule has 4 aromatic rings. The standard InChI is InChI=1S/C23H21NO/c1-23(2,3)19-10-7-11-20-21(19)24-22(25-20)18-14-12-17(13-15-18)16-8-5-4-6-9-16/h4-15H,1-3H3. The van der Waals surface area contributed by atoms with Crippen LogP contribution in [0.25, 0.3) is 33.7 Å². The zero-order chi connectivity index (χ0) is 17.4. The molecule has 0 atom stereocenters. The first kappa shape index (κ1) is 15.6. The van der Waals surface area contributed by atoms with Crippen LogP contribution in [-0.4, -0.2) is 4.98 Å². The van der Waals surface area contributed by atoms with E-state index < -0.39 is 0 Å². The lowest BCUT2D eigenvalue weighted by molar-refractivity contribution is 0.593. The fourth-order valence-electron chi connectivity index (χ4n) is 3.11. The largest absolute Gasteiger partial charge is 0.436 e. The van der Waals surface area contributed by atoms with Gasteiger partial charge in [0.05, 0.1) is 0 Å². The minimum absolute atomic E-state index is 0.0326. The van der Waals surface area contributed by atoms with Crippen LogP contribution in [0.3, 0.4) is 0 Å². The molecule has 0 bridgehead atoms. The van der Waals surface area contributed by atoms with E-state index in [9.17, 15) is 0 Å². The molecule has 25 heavy (non-hydrogen) atoms. The Morgan fingerprint density at radius 3 is 2.00 bits per heavy atom. The summed E-state index contributed by atoms with van der Waals surface area (Å²) in [5, 5.41) is 0. The van der Waals surface area contributed by atoms with E-state index >= 15 is 0 Å². The average molecular weight is 327 g/mol. The molecule has 2 heteroatoms. The molecule has 0 N–H and O–H groups in total. The number of rotatable bonds is 2. The summed E-state index contributed by atoms with van der Waals surface area (Å²) >= 11 is 0. The van der Waals surface area contributed by atoms with Crippen LogP contribution in [0.5, 0.6) is 0 Å². The molecule has 4 rings (SSSR count). The van der Waals surface area contributed by atoms with E-state index in [4.69, 9.17) is 9.40 Å². The first-order chi connectivity index (χ1) is 12.0. The van der Waals surface area contributed by atoms with Crippen molar-refractivity contribution in [3.05, 3.63) is 78.4 Å². The molecule has 0 spiro atoms. The van der Waals surface area contributed by atoms with E-state index in [1.165, 1.54) is 16.7 Å². The SMILES string of the molecule is CC(C)(C)c1cccc2oc(-c3ccc(-c4ccccc4)cc3)nc12. The maximum absolute atomic E-state index is 6.02. The third-order valence-corrected chi connectivity index (χ3v) is 4.47. The highest BCUT2D eigenvalue weighted by Gasteiger charge is 2.20. The highest BCUT2D eigenvalue weighted by atomic mass is 16.3. The van der Waals surface area contributed by atoms with Crippen molar-refractivity contribution in [3.63, 3.8) is 0 Å². The van der Waals surface area contributed by atoms with Gasteiger partial charge >= 0.3 is 0 Å². The molecule has 0 radical (unpaired) electrons. The second-order valence-corrected chi connectivity index (χ2v) is 7.36. The molecule has 0 aliphatic heterocycles. The molecule has 1 aromatic heterocycles. The van der Waals surface area contributed by atoms with Gasteiger partial charge in [-0.15, -0.1) is 0 Å². The number of hydrogen-bond acceptors (Lipinski definition) is 2. The Balaban J connectivity index is 1.75. The van der Waals surface area contributed by atoms with Crippen LogP contribution in [-0.2, 0) is 5.41 Å². The highest BCUT2D eigenvalue weighted by molar-refractivity contribution is 5.81. The van der Waals surface area contributed by atoms with Gasteiger partial charge in [0.1, 0.15) is 5.52 Å². The van der Waals surface area contributed by atoms with Crippen LogP contribution in [0, 0.1) is 0 Å². The second-order valence-electron chi connectivity index (χ2n) is 7.36. The first-order valence-corrected chi connectivity index (χ1v) is 8.58. The summed E-state index contributed by atoms with van der Waals surface area (Å²) in [4.78, 5) is 4.79. The Morgan fingerprint density at radius 2 is 1.32 bits per heavy atom. The van der Waals surface area contributed by atoms with E-state index in [0.717, 1.165) is 16.7 Å². The summed E-state index contributed by atoms with van der Waals surface area (Å²) in [5.74, 6) is 0.673. The third kappa shape index (κ3) is 2.96. The lowest BCUT2D eigenvalue weighted by Gasteiger charge is -2.18. The maximum Gasteiger partial charge on any atom is 0.227 e. The van der Waals surface area contributed by atoms with Crippen LogP contribution >= 0.6 is 0 Å². The Bertz CT molecular complexity index is 1010. The summed E-state index contributed by atoms with van der Waals surface area (Å²) in [5.41, 5.74) is 6.44. The van der Waals surface area contributed by atoms with Gasteiger partial charge in [0, 0.05) is 5.56 Å². The van der Waals surface area contributed by atoms with Gasteiger partial charge in [-0.05, 0) is 40.3 Å². The van der Waals surface area contributed by atoms with E-state index in [-0.39, 0.29) is 5.41 Å². The van der Waals surface area contributed by atoms with Gasteiger partial charge in [-0.1, -0.05) is 75.4 Å². The van der Waals surface area contributed by atoms with E-state index in [1.807, 2.05) is 18.2 Å². The molecule has 0 aliphatic rings. The molecular formula is C23H21NO. The summed E-state index contributed by atoms with van der Waals surface area (Å²) in [7, 11) is 0. The Kier molecular flexibility index (Phi) is 3.69. The highest BCUT2D eigenvalue weighted by Crippen LogP contribution is 2.33. The maximum atomic E-state index is 6.02. The van der Waals surface area contributed by atoms with Crippen LogP contribution < -0.4 is 0 Å². The molecule has 0 saturated heterocycles. The monoisotopic (exact) mass is 327 g/mol. The van der Waals surface area contributed by atoms with Crippen molar-refractivity contribution in [2.75, 3.05) is 0 Å². The molecule has 124 valence electrons. The fourth-order valence-corrected chi connectivity index (χ4v) is 3.11. The minimum atomic E-state index is 0.0326. The van der Waals surface area contributed by atoms with Crippen molar-refractivity contribution in [2.24, 2.45) is 0 Å². The lowest BCUT2D eigenvalue weighted by atomic mass is 9.86. The normalized spacial score (nSPS) is 11.8. The van der Waals surface area contributed by atoms with Crippen molar-refractivity contribution in [1.82, 2.24) is 4.98 Å². The predicted octanol–water partition coefficient (Wildman–Crippen LogP) is 6.46. The predicted molar refractivity (Wildman–Crippen MR) is 104 cm³/mol. The van der Waals surface area contributed by atoms with Gasteiger partial charge in [0.2, 0.25) is 5.89 Å². The summed E-state index contributed by atoms with van der Waals surface area (Å²) in [6, 6.07) is 24.9. The molecule has 1 heterocycles. The molecule has 0 unspecified atom stereocenters. The average Bonchev–Trinajstić information content (AvgIpc) is 3.06. The topological polar surface area (TPSA) is 26.0 Å². The van der Waals surface area contributed by atoms with Crippen LogP contribution in [0.4, 0.5) is 0 Å². The van der Waals surface area contributed by atoms with Crippen molar-refractivity contribution < 1.29 is 4.42 Å². The van der Waals surface area contributed by atoms with Gasteiger partial charge in [-0.25, -0.2) is 4.98 Å². The first-order valence-electron chi connectivity index (χ1n) is 8.58. The number of oxazole rings is 1. The molecule has 2 nitrogen and oxygen atoms in total. The lowest BCUT2D eigenvalue weighted by Crippen LogP contribution is -2.11. The van der Waals surface area contributed by atoms with Crippen molar-refractivity contribution >= 4 is 11.1 Å². The van der Waals surface area contributed by atoms with Crippen molar-refractivity contribution in [3.8, 4) is 22.6 Å². The number of fused-ring (bicyclic) bond motifs is 1. The van der Waals surface area contributed by atoms with E-state index in [2.05, 4.69) is 75.4 Å². The van der Waals surface area contributed by atoms with Crippen molar-refractivity contribution in [1.29, 1.82) is 0 Å². The second kappa shape index (κ2) is 5.89. The quantitative estimate of drug-likeness (QED) is 0.422. The Morgan fingerprint density at radius 1 is 0.680 bits per heavy atom. The summed E-state index contributed by atoms with van der Waals surface area (Å²) in [6.45, 7) is 6.60. The number of aromatic nitrogens is 1. The Hall–Kier alpha value is -2.87. The zero-order valence-electron chi connectivity index (χ0n) is 14.8. The number of benzene rings is 3. The van der Waals surface area contributed by atoms with Gasteiger partial charge in [0.25, 0.3) is 0 Å². The van der Waals surface area contributed by atoms with Gasteiger partial charge in [-0.3, -0.25) is 0 Å². The molecule has 0 amide bonds. The Labute approximate surface area is 148 Å². The van der Waals surface area contributed by atoms with Gasteiger partial charge in [0.15, 0.2) is 5.58 Å².